The van der Waals surface area contributed by atoms with Gasteiger partial charge in [-0.05, 0) is 37.0 Å². The number of unbranched alkanes of at least 4 members (excludes halogenated alkanes) is 1. The van der Waals surface area contributed by atoms with Gasteiger partial charge in [-0.2, -0.15) is 23.5 Å². The number of carbonyl (C=O) groups excluding carboxylic acids is 1. The molecule has 0 N–H and O–H groups in total. The minimum Gasteiger partial charge on any atom is -0.355 e. The number of amides is 1. The SMILES string of the molecule is CCCCC1CN(Cc2ccc(C#N)cc2)C(=O)c2cc(N3CCC(C(F)(F)F)CC3)nn21. The Morgan fingerprint density at radius 1 is 1.18 bits per heavy atom. The molecule has 0 radical (unpaired) electrons. The number of anilines is 1. The van der Waals surface area contributed by atoms with Gasteiger partial charge in [0, 0.05) is 32.2 Å². The summed E-state index contributed by atoms with van der Waals surface area (Å²) in [5.74, 6) is -0.815. The molecule has 2 aliphatic heterocycles. The average Bonchev–Trinajstić information content (AvgIpc) is 3.26. The summed E-state index contributed by atoms with van der Waals surface area (Å²) >= 11 is 0. The molecule has 1 fully saturated rings. The highest BCUT2D eigenvalue weighted by atomic mass is 19.4. The van der Waals surface area contributed by atoms with Crippen molar-refractivity contribution in [2.75, 3.05) is 24.5 Å². The number of hydrogen-bond donors (Lipinski definition) is 0. The van der Waals surface area contributed by atoms with Gasteiger partial charge in [0.05, 0.1) is 23.6 Å². The molecular formula is C24H28F3N5O. The third kappa shape index (κ3) is 5.00. The lowest BCUT2D eigenvalue weighted by atomic mass is 9.96. The van der Waals surface area contributed by atoms with E-state index in [-0.39, 0.29) is 37.9 Å². The molecule has 1 saturated heterocycles. The van der Waals surface area contributed by atoms with Gasteiger partial charge in [0.2, 0.25) is 0 Å². The van der Waals surface area contributed by atoms with Gasteiger partial charge in [-0.3, -0.25) is 9.48 Å². The molecule has 9 heteroatoms. The molecule has 1 amide bonds. The van der Waals surface area contributed by atoms with Gasteiger partial charge in [-0.15, -0.1) is 0 Å². The molecule has 1 atom stereocenters. The molecule has 6 nitrogen and oxygen atoms in total. The molecule has 1 aromatic heterocycles. The van der Waals surface area contributed by atoms with Crippen LogP contribution in [0, 0.1) is 17.2 Å². The number of hydrogen-bond acceptors (Lipinski definition) is 4. The highest BCUT2D eigenvalue weighted by Crippen LogP contribution is 2.36. The van der Waals surface area contributed by atoms with Crippen molar-refractivity contribution >= 4 is 11.7 Å². The summed E-state index contributed by atoms with van der Waals surface area (Å²) in [5, 5.41) is 13.7. The highest BCUT2D eigenvalue weighted by molar-refractivity contribution is 5.94. The fourth-order valence-electron chi connectivity index (χ4n) is 4.68. The van der Waals surface area contributed by atoms with E-state index in [0.717, 1.165) is 24.8 Å². The first-order chi connectivity index (χ1) is 15.8. The molecule has 2 aliphatic rings. The summed E-state index contributed by atoms with van der Waals surface area (Å²) in [5.41, 5.74) is 2.00. The van der Waals surface area contributed by atoms with Crippen molar-refractivity contribution in [3.63, 3.8) is 0 Å². The topological polar surface area (TPSA) is 65.2 Å². The zero-order chi connectivity index (χ0) is 23.6. The fourth-order valence-corrected chi connectivity index (χ4v) is 4.68. The van der Waals surface area contributed by atoms with E-state index in [9.17, 15) is 18.0 Å². The van der Waals surface area contributed by atoms with Gasteiger partial charge in [-0.1, -0.05) is 31.9 Å². The van der Waals surface area contributed by atoms with Crippen LogP contribution in [-0.2, 0) is 6.54 Å². The lowest BCUT2D eigenvalue weighted by Gasteiger charge is -2.34. The van der Waals surface area contributed by atoms with Crippen molar-refractivity contribution in [1.82, 2.24) is 14.7 Å². The second kappa shape index (κ2) is 9.46. The quantitative estimate of drug-likeness (QED) is 0.615. The summed E-state index contributed by atoms with van der Waals surface area (Å²) in [6.07, 6.45) is -1.18. The molecule has 0 spiro atoms. The third-order valence-corrected chi connectivity index (χ3v) is 6.64. The lowest BCUT2D eigenvalue weighted by molar-refractivity contribution is -0.179. The van der Waals surface area contributed by atoms with Crippen molar-refractivity contribution < 1.29 is 18.0 Å². The molecule has 0 saturated carbocycles. The van der Waals surface area contributed by atoms with Crippen LogP contribution in [0.4, 0.5) is 19.0 Å². The van der Waals surface area contributed by atoms with Crippen molar-refractivity contribution in [3.05, 3.63) is 47.2 Å². The van der Waals surface area contributed by atoms with Gasteiger partial charge in [0.25, 0.3) is 5.91 Å². The molecule has 1 unspecified atom stereocenters. The zero-order valence-electron chi connectivity index (χ0n) is 18.7. The third-order valence-electron chi connectivity index (χ3n) is 6.64. The largest absolute Gasteiger partial charge is 0.391 e. The Morgan fingerprint density at radius 3 is 2.48 bits per heavy atom. The maximum absolute atomic E-state index is 13.3. The van der Waals surface area contributed by atoms with Crippen LogP contribution in [0.1, 0.15) is 66.7 Å². The predicted octanol–water partition coefficient (Wildman–Crippen LogP) is 4.92. The van der Waals surface area contributed by atoms with Gasteiger partial charge >= 0.3 is 6.18 Å². The van der Waals surface area contributed by atoms with Gasteiger partial charge in [0.15, 0.2) is 5.82 Å². The van der Waals surface area contributed by atoms with Gasteiger partial charge in [-0.25, -0.2) is 0 Å². The van der Waals surface area contributed by atoms with E-state index < -0.39 is 12.1 Å². The number of benzene rings is 1. The van der Waals surface area contributed by atoms with Crippen molar-refractivity contribution in [1.29, 1.82) is 5.26 Å². The number of piperidine rings is 1. The maximum atomic E-state index is 13.3. The Balaban J connectivity index is 1.54. The van der Waals surface area contributed by atoms with Crippen molar-refractivity contribution in [2.45, 2.75) is 57.8 Å². The normalized spacial score (nSPS) is 19.5. The Hall–Kier alpha value is -3.02. The average molecular weight is 460 g/mol. The number of nitriles is 1. The van der Waals surface area contributed by atoms with Crippen molar-refractivity contribution in [3.8, 4) is 6.07 Å². The Kier molecular flexibility index (Phi) is 6.63. The number of aromatic nitrogens is 2. The predicted molar refractivity (Wildman–Crippen MR) is 118 cm³/mol. The van der Waals surface area contributed by atoms with E-state index in [2.05, 4.69) is 18.1 Å². The fraction of sp³-hybridized carbons (Fsp3) is 0.542. The molecular weight excluding hydrogens is 431 g/mol. The Morgan fingerprint density at radius 2 is 1.88 bits per heavy atom. The summed E-state index contributed by atoms with van der Waals surface area (Å²) < 4.78 is 40.9. The summed E-state index contributed by atoms with van der Waals surface area (Å²) in [7, 11) is 0. The summed E-state index contributed by atoms with van der Waals surface area (Å²) in [4.78, 5) is 17.0. The second-order valence-electron chi connectivity index (χ2n) is 8.93. The summed E-state index contributed by atoms with van der Waals surface area (Å²) in [6, 6.07) is 11.1. The number of alkyl halides is 3. The molecule has 2 aromatic rings. The first-order valence-electron chi connectivity index (χ1n) is 11.5. The standard InChI is InChI=1S/C24H28F3N5O/c1-2-3-4-20-16-31(15-18-7-5-17(14-28)6-8-18)23(33)21-13-22(29-32(20)21)30-11-9-19(10-12-30)24(25,26)27/h5-8,13,19-20H,2-4,9-12,15-16H2,1H3. The first-order valence-corrected chi connectivity index (χ1v) is 11.5. The van der Waals surface area contributed by atoms with Crippen LogP contribution >= 0.6 is 0 Å². The van der Waals surface area contributed by atoms with E-state index >= 15 is 0 Å². The minimum absolute atomic E-state index is 0.0255. The Labute approximate surface area is 191 Å². The van der Waals surface area contributed by atoms with Crippen LogP contribution in [0.25, 0.3) is 0 Å². The van der Waals surface area contributed by atoms with Crippen LogP contribution < -0.4 is 4.90 Å². The summed E-state index contributed by atoms with van der Waals surface area (Å²) in [6.45, 7) is 3.64. The van der Waals surface area contributed by atoms with E-state index in [0.29, 0.717) is 30.2 Å². The smallest absolute Gasteiger partial charge is 0.355 e. The van der Waals surface area contributed by atoms with Crippen molar-refractivity contribution in [2.24, 2.45) is 5.92 Å². The lowest BCUT2D eigenvalue weighted by Crippen LogP contribution is -2.42. The molecule has 3 heterocycles. The van der Waals surface area contributed by atoms with Gasteiger partial charge in [0.1, 0.15) is 5.69 Å². The molecule has 0 aliphatic carbocycles. The molecule has 33 heavy (non-hydrogen) atoms. The molecule has 0 bridgehead atoms. The second-order valence-corrected chi connectivity index (χ2v) is 8.93. The van der Waals surface area contributed by atoms with E-state index in [1.165, 1.54) is 0 Å². The number of fused-ring (bicyclic) bond motifs is 1. The minimum atomic E-state index is -4.16. The first kappa shape index (κ1) is 23.1. The van der Waals surface area contributed by atoms with Crippen LogP contribution in [0.15, 0.2) is 30.3 Å². The van der Waals surface area contributed by atoms with Crippen LogP contribution in [0.5, 0.6) is 0 Å². The van der Waals surface area contributed by atoms with Gasteiger partial charge < -0.3 is 9.80 Å². The maximum Gasteiger partial charge on any atom is 0.391 e. The molecule has 176 valence electrons. The number of carbonyl (C=O) groups is 1. The van der Waals surface area contributed by atoms with Crippen LogP contribution in [0.2, 0.25) is 0 Å². The van der Waals surface area contributed by atoms with E-state index in [1.807, 2.05) is 17.0 Å². The number of nitrogens with zero attached hydrogens (tertiary/aromatic N) is 5. The van der Waals surface area contributed by atoms with Crippen LogP contribution in [0.3, 0.4) is 0 Å². The number of rotatable bonds is 6. The van der Waals surface area contributed by atoms with E-state index in [4.69, 9.17) is 5.26 Å². The Bertz CT molecular complexity index is 1020. The molecule has 1 aromatic carbocycles. The van der Waals surface area contributed by atoms with E-state index in [1.54, 1.807) is 27.8 Å². The van der Waals surface area contributed by atoms with Crippen LogP contribution in [-0.4, -0.2) is 46.4 Å². The molecule has 4 rings (SSSR count). The zero-order valence-corrected chi connectivity index (χ0v) is 18.7. The highest BCUT2D eigenvalue weighted by Gasteiger charge is 2.42. The number of halogens is 3. The monoisotopic (exact) mass is 459 g/mol.